The first-order valence-corrected chi connectivity index (χ1v) is 5.21. The molecule has 0 aliphatic rings. The molecule has 0 aliphatic heterocycles. The van der Waals surface area contributed by atoms with Crippen LogP contribution in [0.15, 0.2) is 18.3 Å². The number of hydrogen-bond acceptors (Lipinski definition) is 4. The SMILES string of the molecule is CCCC(C)(N)C(=O)Nc1ncccc1O. The van der Waals surface area contributed by atoms with Crippen LogP contribution in [0, 0.1) is 0 Å². The normalized spacial score (nSPS) is 14.2. The second-order valence-electron chi connectivity index (χ2n) is 3.99. The Morgan fingerprint density at radius 3 is 2.94 bits per heavy atom. The Bertz CT molecular complexity index is 377. The van der Waals surface area contributed by atoms with Gasteiger partial charge in [-0.1, -0.05) is 13.3 Å². The van der Waals surface area contributed by atoms with E-state index in [1.54, 1.807) is 13.0 Å². The summed E-state index contributed by atoms with van der Waals surface area (Å²) in [5, 5.41) is 11.9. The van der Waals surface area contributed by atoms with Crippen LogP contribution < -0.4 is 11.1 Å². The lowest BCUT2D eigenvalue weighted by atomic mass is 9.96. The van der Waals surface area contributed by atoms with E-state index >= 15 is 0 Å². The number of nitrogens with two attached hydrogens (primary N) is 1. The number of aromatic hydroxyl groups is 1. The zero-order chi connectivity index (χ0) is 12.2. The summed E-state index contributed by atoms with van der Waals surface area (Å²) in [6.45, 7) is 3.61. The fourth-order valence-electron chi connectivity index (χ4n) is 1.38. The van der Waals surface area contributed by atoms with E-state index in [0.29, 0.717) is 6.42 Å². The van der Waals surface area contributed by atoms with Crippen molar-refractivity contribution >= 4 is 11.7 Å². The van der Waals surface area contributed by atoms with Crippen LogP contribution >= 0.6 is 0 Å². The number of carbonyl (C=O) groups excluding carboxylic acids is 1. The van der Waals surface area contributed by atoms with Crippen molar-refractivity contribution in [2.45, 2.75) is 32.2 Å². The summed E-state index contributed by atoms with van der Waals surface area (Å²) in [5.41, 5.74) is 4.90. The number of anilines is 1. The first kappa shape index (κ1) is 12.4. The van der Waals surface area contributed by atoms with Crippen LogP contribution in [0.3, 0.4) is 0 Å². The lowest BCUT2D eigenvalue weighted by Crippen LogP contribution is -2.48. The molecule has 0 spiro atoms. The summed E-state index contributed by atoms with van der Waals surface area (Å²) in [6.07, 6.45) is 2.88. The molecule has 1 rings (SSSR count). The maximum absolute atomic E-state index is 11.8. The van der Waals surface area contributed by atoms with Gasteiger partial charge in [0.1, 0.15) is 0 Å². The number of aromatic nitrogens is 1. The van der Waals surface area contributed by atoms with E-state index in [1.165, 1.54) is 12.3 Å². The summed E-state index contributed by atoms with van der Waals surface area (Å²) in [4.78, 5) is 15.6. The van der Waals surface area contributed by atoms with Crippen molar-refractivity contribution in [1.29, 1.82) is 0 Å². The smallest absolute Gasteiger partial charge is 0.245 e. The van der Waals surface area contributed by atoms with Gasteiger partial charge in [-0.05, 0) is 25.5 Å². The summed E-state index contributed by atoms with van der Waals surface area (Å²) in [6, 6.07) is 3.04. The number of pyridine rings is 1. The lowest BCUT2D eigenvalue weighted by molar-refractivity contribution is -0.120. The average Bonchev–Trinajstić information content (AvgIpc) is 2.21. The third-order valence-electron chi connectivity index (χ3n) is 2.31. The molecule has 0 saturated carbocycles. The molecule has 1 amide bonds. The second kappa shape index (κ2) is 4.94. The third-order valence-corrected chi connectivity index (χ3v) is 2.31. The number of rotatable bonds is 4. The lowest BCUT2D eigenvalue weighted by Gasteiger charge is -2.22. The van der Waals surface area contributed by atoms with E-state index in [0.717, 1.165) is 6.42 Å². The zero-order valence-corrected chi connectivity index (χ0v) is 9.53. The van der Waals surface area contributed by atoms with Crippen molar-refractivity contribution in [2.75, 3.05) is 5.32 Å². The molecule has 88 valence electrons. The highest BCUT2D eigenvalue weighted by Gasteiger charge is 2.27. The first-order chi connectivity index (χ1) is 7.47. The minimum absolute atomic E-state index is 0.0665. The van der Waals surface area contributed by atoms with E-state index in [2.05, 4.69) is 10.3 Å². The molecular formula is C11H17N3O2. The van der Waals surface area contributed by atoms with E-state index in [-0.39, 0.29) is 17.5 Å². The van der Waals surface area contributed by atoms with Crippen LogP contribution in [-0.2, 0) is 4.79 Å². The van der Waals surface area contributed by atoms with Crippen LogP contribution in [0.4, 0.5) is 5.82 Å². The molecule has 1 unspecified atom stereocenters. The molecule has 0 fully saturated rings. The molecule has 4 N–H and O–H groups in total. The Kier molecular flexibility index (Phi) is 3.84. The predicted octanol–water partition coefficient (Wildman–Crippen LogP) is 1.24. The van der Waals surface area contributed by atoms with Crippen molar-refractivity contribution in [3.63, 3.8) is 0 Å². The Hall–Kier alpha value is -1.62. The molecular weight excluding hydrogens is 206 g/mol. The molecule has 1 aromatic heterocycles. The number of carbonyl (C=O) groups is 1. The average molecular weight is 223 g/mol. The van der Waals surface area contributed by atoms with Gasteiger partial charge in [-0.2, -0.15) is 0 Å². The molecule has 0 bridgehead atoms. The van der Waals surface area contributed by atoms with Gasteiger partial charge in [-0.15, -0.1) is 0 Å². The fraction of sp³-hybridized carbons (Fsp3) is 0.455. The summed E-state index contributed by atoms with van der Waals surface area (Å²) < 4.78 is 0. The number of hydrogen-bond donors (Lipinski definition) is 3. The van der Waals surface area contributed by atoms with Gasteiger partial charge < -0.3 is 16.2 Å². The Balaban J connectivity index is 2.75. The Morgan fingerprint density at radius 2 is 2.38 bits per heavy atom. The van der Waals surface area contributed by atoms with Gasteiger partial charge >= 0.3 is 0 Å². The molecule has 16 heavy (non-hydrogen) atoms. The minimum Gasteiger partial charge on any atom is -0.504 e. The van der Waals surface area contributed by atoms with Crippen LogP contribution in [0.1, 0.15) is 26.7 Å². The maximum atomic E-state index is 11.8. The zero-order valence-electron chi connectivity index (χ0n) is 9.53. The quantitative estimate of drug-likeness (QED) is 0.716. The van der Waals surface area contributed by atoms with Gasteiger partial charge in [0.05, 0.1) is 5.54 Å². The molecule has 0 saturated heterocycles. The standard InChI is InChI=1S/C11H17N3O2/c1-3-6-11(2,12)10(16)14-9-8(15)5-4-7-13-9/h4-5,7,15H,3,6,12H2,1-2H3,(H,13,14,16). The molecule has 5 nitrogen and oxygen atoms in total. The fourth-order valence-corrected chi connectivity index (χ4v) is 1.38. The van der Waals surface area contributed by atoms with Crippen LogP contribution in [0.2, 0.25) is 0 Å². The highest BCUT2D eigenvalue weighted by molar-refractivity contribution is 5.97. The van der Waals surface area contributed by atoms with E-state index in [4.69, 9.17) is 5.73 Å². The van der Waals surface area contributed by atoms with Crippen molar-refractivity contribution in [3.05, 3.63) is 18.3 Å². The van der Waals surface area contributed by atoms with Gasteiger partial charge in [0.15, 0.2) is 11.6 Å². The molecule has 1 atom stereocenters. The van der Waals surface area contributed by atoms with Gasteiger partial charge in [0, 0.05) is 6.20 Å². The number of nitrogens with one attached hydrogen (secondary N) is 1. The molecule has 1 aromatic rings. The highest BCUT2D eigenvalue weighted by atomic mass is 16.3. The Morgan fingerprint density at radius 1 is 1.69 bits per heavy atom. The third kappa shape index (κ3) is 2.93. The first-order valence-electron chi connectivity index (χ1n) is 5.21. The van der Waals surface area contributed by atoms with E-state index < -0.39 is 5.54 Å². The van der Waals surface area contributed by atoms with Crippen LogP contribution in [0.25, 0.3) is 0 Å². The molecule has 0 aliphatic carbocycles. The summed E-state index contributed by atoms with van der Waals surface area (Å²) >= 11 is 0. The largest absolute Gasteiger partial charge is 0.504 e. The minimum atomic E-state index is -0.946. The van der Waals surface area contributed by atoms with Gasteiger partial charge in [-0.3, -0.25) is 4.79 Å². The van der Waals surface area contributed by atoms with Gasteiger partial charge in [0.25, 0.3) is 0 Å². The molecule has 0 aromatic carbocycles. The molecule has 1 heterocycles. The number of nitrogens with zero attached hydrogens (tertiary/aromatic N) is 1. The maximum Gasteiger partial charge on any atom is 0.245 e. The van der Waals surface area contributed by atoms with E-state index in [1.807, 2.05) is 6.92 Å². The number of amides is 1. The van der Waals surface area contributed by atoms with E-state index in [9.17, 15) is 9.90 Å². The van der Waals surface area contributed by atoms with Gasteiger partial charge in [0.2, 0.25) is 5.91 Å². The highest BCUT2D eigenvalue weighted by Crippen LogP contribution is 2.20. The van der Waals surface area contributed by atoms with Crippen molar-refractivity contribution in [3.8, 4) is 5.75 Å². The van der Waals surface area contributed by atoms with Crippen molar-refractivity contribution in [1.82, 2.24) is 4.98 Å². The molecule has 0 radical (unpaired) electrons. The Labute approximate surface area is 94.7 Å². The van der Waals surface area contributed by atoms with Crippen LogP contribution in [-0.4, -0.2) is 21.5 Å². The van der Waals surface area contributed by atoms with Gasteiger partial charge in [-0.25, -0.2) is 4.98 Å². The van der Waals surface area contributed by atoms with Crippen molar-refractivity contribution in [2.24, 2.45) is 5.73 Å². The predicted molar refractivity (Wildman–Crippen MR) is 62.0 cm³/mol. The summed E-state index contributed by atoms with van der Waals surface area (Å²) in [7, 11) is 0. The van der Waals surface area contributed by atoms with Crippen LogP contribution in [0.5, 0.6) is 5.75 Å². The summed E-state index contributed by atoms with van der Waals surface area (Å²) in [5.74, 6) is -0.272. The second-order valence-corrected chi connectivity index (χ2v) is 3.99. The topological polar surface area (TPSA) is 88.2 Å². The molecule has 5 heteroatoms. The monoisotopic (exact) mass is 223 g/mol. The van der Waals surface area contributed by atoms with Crippen molar-refractivity contribution < 1.29 is 9.90 Å².